The summed E-state index contributed by atoms with van der Waals surface area (Å²) in [4.78, 5) is 0. The molecule has 0 fully saturated rings. The largest absolute Gasteiger partial charge is 0.401 e. The summed E-state index contributed by atoms with van der Waals surface area (Å²) < 4.78 is 36.7. The van der Waals surface area contributed by atoms with E-state index in [2.05, 4.69) is 10.4 Å². The lowest BCUT2D eigenvalue weighted by atomic mass is 10.4. The Morgan fingerprint density at radius 3 is 2.71 bits per heavy atom. The van der Waals surface area contributed by atoms with E-state index in [0.29, 0.717) is 6.54 Å². The zero-order chi connectivity index (χ0) is 10.6. The molecule has 0 amide bonds. The number of aryl methyl sites for hydroxylation is 1. The fraction of sp³-hybridized carbons (Fsp3) is 0.625. The molecule has 0 aliphatic rings. The molecule has 0 saturated heterocycles. The standard InChI is InChI=1S/C8H12F3N3/c1-7-4-13-14(5-7)3-2-12-6-8(9,10)11/h4-5,12H,2-3,6H2,1H3. The van der Waals surface area contributed by atoms with E-state index >= 15 is 0 Å². The molecule has 1 rings (SSSR count). The van der Waals surface area contributed by atoms with E-state index in [-0.39, 0.29) is 6.54 Å². The van der Waals surface area contributed by atoms with Gasteiger partial charge in [-0.1, -0.05) is 0 Å². The molecule has 0 spiro atoms. The number of rotatable bonds is 4. The average molecular weight is 207 g/mol. The second-order valence-corrected chi connectivity index (χ2v) is 3.07. The molecule has 1 N–H and O–H groups in total. The predicted molar refractivity (Wildman–Crippen MR) is 45.9 cm³/mol. The summed E-state index contributed by atoms with van der Waals surface area (Å²) >= 11 is 0. The zero-order valence-corrected chi connectivity index (χ0v) is 7.80. The van der Waals surface area contributed by atoms with E-state index < -0.39 is 12.7 Å². The van der Waals surface area contributed by atoms with Crippen molar-refractivity contribution in [3.8, 4) is 0 Å². The molecule has 1 aromatic heterocycles. The average Bonchev–Trinajstić information content (AvgIpc) is 2.44. The van der Waals surface area contributed by atoms with Crippen LogP contribution in [-0.4, -0.2) is 29.0 Å². The number of aromatic nitrogens is 2. The molecule has 0 aliphatic carbocycles. The van der Waals surface area contributed by atoms with Crippen molar-refractivity contribution in [1.29, 1.82) is 0 Å². The Labute approximate surface area is 79.9 Å². The van der Waals surface area contributed by atoms with Crippen LogP contribution >= 0.6 is 0 Å². The normalized spacial score (nSPS) is 12.0. The van der Waals surface area contributed by atoms with Crippen LogP contribution in [0.3, 0.4) is 0 Å². The number of hydrogen-bond acceptors (Lipinski definition) is 2. The fourth-order valence-electron chi connectivity index (χ4n) is 1.01. The molecule has 0 saturated carbocycles. The highest BCUT2D eigenvalue weighted by Crippen LogP contribution is 2.11. The van der Waals surface area contributed by atoms with E-state index in [1.165, 1.54) is 0 Å². The number of nitrogens with zero attached hydrogens (tertiary/aromatic N) is 2. The summed E-state index contributed by atoms with van der Waals surface area (Å²) in [6.45, 7) is 1.64. The van der Waals surface area contributed by atoms with Gasteiger partial charge in [-0.15, -0.1) is 0 Å². The van der Waals surface area contributed by atoms with Crippen LogP contribution in [0.15, 0.2) is 12.4 Å². The second kappa shape index (κ2) is 4.45. The molecular weight excluding hydrogens is 195 g/mol. The molecule has 80 valence electrons. The van der Waals surface area contributed by atoms with Gasteiger partial charge in [0.1, 0.15) is 0 Å². The first-order valence-electron chi connectivity index (χ1n) is 4.24. The van der Waals surface area contributed by atoms with Crippen molar-refractivity contribution in [2.45, 2.75) is 19.6 Å². The van der Waals surface area contributed by atoms with Crippen LogP contribution in [0.4, 0.5) is 13.2 Å². The minimum absolute atomic E-state index is 0.265. The SMILES string of the molecule is Cc1cnn(CCNCC(F)(F)F)c1. The Balaban J connectivity index is 2.16. The van der Waals surface area contributed by atoms with E-state index in [1.54, 1.807) is 17.1 Å². The van der Waals surface area contributed by atoms with Gasteiger partial charge in [0, 0.05) is 12.7 Å². The van der Waals surface area contributed by atoms with Gasteiger partial charge in [-0.05, 0) is 12.5 Å². The topological polar surface area (TPSA) is 29.9 Å². The Morgan fingerprint density at radius 2 is 2.21 bits per heavy atom. The first kappa shape index (κ1) is 11.0. The summed E-state index contributed by atoms with van der Waals surface area (Å²) in [5.74, 6) is 0. The molecule has 1 heterocycles. The van der Waals surface area contributed by atoms with Crippen molar-refractivity contribution in [2.75, 3.05) is 13.1 Å². The highest BCUT2D eigenvalue weighted by molar-refractivity contribution is 4.99. The van der Waals surface area contributed by atoms with Gasteiger partial charge in [-0.3, -0.25) is 4.68 Å². The molecule has 0 radical (unpaired) electrons. The molecular formula is C8H12F3N3. The van der Waals surface area contributed by atoms with Crippen LogP contribution in [0.2, 0.25) is 0 Å². The third kappa shape index (κ3) is 4.27. The molecule has 0 atom stereocenters. The maximum Gasteiger partial charge on any atom is 0.401 e. The highest BCUT2D eigenvalue weighted by atomic mass is 19.4. The van der Waals surface area contributed by atoms with Gasteiger partial charge in [0.15, 0.2) is 0 Å². The van der Waals surface area contributed by atoms with Gasteiger partial charge in [0.2, 0.25) is 0 Å². The van der Waals surface area contributed by atoms with Crippen LogP contribution in [0, 0.1) is 6.92 Å². The Bertz CT molecular complexity index is 280. The molecule has 0 bridgehead atoms. The number of alkyl halides is 3. The van der Waals surface area contributed by atoms with Crippen LogP contribution < -0.4 is 5.32 Å². The van der Waals surface area contributed by atoms with Gasteiger partial charge >= 0.3 is 6.18 Å². The van der Waals surface area contributed by atoms with Crippen LogP contribution in [-0.2, 0) is 6.54 Å². The van der Waals surface area contributed by atoms with Crippen molar-refractivity contribution in [1.82, 2.24) is 15.1 Å². The van der Waals surface area contributed by atoms with E-state index in [0.717, 1.165) is 5.56 Å². The molecule has 0 aromatic carbocycles. The highest BCUT2D eigenvalue weighted by Gasteiger charge is 2.25. The number of nitrogens with one attached hydrogen (secondary N) is 1. The molecule has 0 aliphatic heterocycles. The van der Waals surface area contributed by atoms with Crippen LogP contribution in [0.25, 0.3) is 0 Å². The predicted octanol–water partition coefficient (Wildman–Crippen LogP) is 1.34. The van der Waals surface area contributed by atoms with Crippen LogP contribution in [0.5, 0.6) is 0 Å². The van der Waals surface area contributed by atoms with Crippen molar-refractivity contribution >= 4 is 0 Å². The number of halogens is 3. The zero-order valence-electron chi connectivity index (χ0n) is 7.80. The van der Waals surface area contributed by atoms with Gasteiger partial charge in [0.25, 0.3) is 0 Å². The van der Waals surface area contributed by atoms with Gasteiger partial charge in [-0.2, -0.15) is 18.3 Å². The van der Waals surface area contributed by atoms with Crippen molar-refractivity contribution in [3.05, 3.63) is 18.0 Å². The summed E-state index contributed by atoms with van der Waals surface area (Å²) in [6, 6.07) is 0. The summed E-state index contributed by atoms with van der Waals surface area (Å²) in [5.41, 5.74) is 1.00. The van der Waals surface area contributed by atoms with Crippen molar-refractivity contribution in [2.24, 2.45) is 0 Å². The molecule has 3 nitrogen and oxygen atoms in total. The monoisotopic (exact) mass is 207 g/mol. The third-order valence-corrected chi connectivity index (χ3v) is 1.61. The van der Waals surface area contributed by atoms with Gasteiger partial charge in [0.05, 0.1) is 19.3 Å². The minimum atomic E-state index is -4.14. The lowest BCUT2D eigenvalue weighted by Crippen LogP contribution is -2.31. The lowest BCUT2D eigenvalue weighted by Gasteiger charge is -2.07. The first-order valence-corrected chi connectivity index (χ1v) is 4.24. The maximum atomic E-state index is 11.7. The Morgan fingerprint density at radius 1 is 1.50 bits per heavy atom. The molecule has 0 unspecified atom stereocenters. The lowest BCUT2D eigenvalue weighted by molar-refractivity contribution is -0.124. The minimum Gasteiger partial charge on any atom is -0.307 e. The molecule has 1 aromatic rings. The van der Waals surface area contributed by atoms with Gasteiger partial charge < -0.3 is 5.32 Å². The molecule has 6 heteroatoms. The summed E-state index contributed by atoms with van der Waals surface area (Å²) in [7, 11) is 0. The smallest absolute Gasteiger partial charge is 0.307 e. The van der Waals surface area contributed by atoms with Crippen molar-refractivity contribution < 1.29 is 13.2 Å². The van der Waals surface area contributed by atoms with Gasteiger partial charge in [-0.25, -0.2) is 0 Å². The maximum absolute atomic E-state index is 11.7. The van der Waals surface area contributed by atoms with E-state index in [4.69, 9.17) is 0 Å². The van der Waals surface area contributed by atoms with Crippen LogP contribution in [0.1, 0.15) is 5.56 Å². The summed E-state index contributed by atoms with van der Waals surface area (Å²) in [6.07, 6.45) is -0.681. The first-order chi connectivity index (χ1) is 6.47. The molecule has 14 heavy (non-hydrogen) atoms. The Hall–Kier alpha value is -1.04. The number of hydrogen-bond donors (Lipinski definition) is 1. The second-order valence-electron chi connectivity index (χ2n) is 3.07. The third-order valence-electron chi connectivity index (χ3n) is 1.61. The summed E-state index contributed by atoms with van der Waals surface area (Å²) in [5, 5.41) is 6.24. The van der Waals surface area contributed by atoms with Crippen molar-refractivity contribution in [3.63, 3.8) is 0 Å². The fourth-order valence-corrected chi connectivity index (χ4v) is 1.01. The van der Waals surface area contributed by atoms with E-state index in [9.17, 15) is 13.2 Å². The van der Waals surface area contributed by atoms with E-state index in [1.807, 2.05) is 6.92 Å². The quantitative estimate of drug-likeness (QED) is 0.755. The Kier molecular flexibility index (Phi) is 3.51.